The first-order chi connectivity index (χ1) is 18.2. The van der Waals surface area contributed by atoms with Crippen LogP contribution in [0, 0.1) is 30.5 Å². The summed E-state index contributed by atoms with van der Waals surface area (Å²) in [6, 6.07) is 7.26. The third-order valence-corrected chi connectivity index (χ3v) is 9.35. The van der Waals surface area contributed by atoms with E-state index in [2.05, 4.69) is 10.3 Å². The van der Waals surface area contributed by atoms with Crippen LogP contribution in [0.2, 0.25) is 0 Å². The van der Waals surface area contributed by atoms with Gasteiger partial charge in [-0.3, -0.25) is 9.59 Å². The van der Waals surface area contributed by atoms with E-state index in [0.717, 1.165) is 41.4 Å². The zero-order chi connectivity index (χ0) is 27.0. The Morgan fingerprint density at radius 2 is 1.84 bits per heavy atom. The lowest BCUT2D eigenvalue weighted by molar-refractivity contribution is -0.156. The predicted molar refractivity (Wildman–Crippen MR) is 140 cm³/mol. The summed E-state index contributed by atoms with van der Waals surface area (Å²) in [5.41, 5.74) is 1.29. The van der Waals surface area contributed by atoms with Gasteiger partial charge in [0.05, 0.1) is 23.6 Å². The Morgan fingerprint density at radius 3 is 2.53 bits per heavy atom. The van der Waals surface area contributed by atoms with Gasteiger partial charge in [-0.15, -0.1) is 0 Å². The van der Waals surface area contributed by atoms with Crippen LogP contribution in [0.4, 0.5) is 4.39 Å². The van der Waals surface area contributed by atoms with Crippen molar-refractivity contribution in [2.45, 2.75) is 50.5 Å². The average molecular weight is 540 g/mol. The average Bonchev–Trinajstić information content (AvgIpc) is 3.27. The second kappa shape index (κ2) is 10.3. The van der Waals surface area contributed by atoms with Crippen molar-refractivity contribution in [2.24, 2.45) is 17.8 Å². The molecule has 0 aliphatic heterocycles. The summed E-state index contributed by atoms with van der Waals surface area (Å²) >= 11 is 0. The van der Waals surface area contributed by atoms with Crippen molar-refractivity contribution in [1.82, 2.24) is 14.3 Å². The number of carbonyl (C=O) groups excluding carboxylic acids is 2. The number of nitrogens with zero attached hydrogens (tertiary/aromatic N) is 2. The van der Waals surface area contributed by atoms with Gasteiger partial charge in [0, 0.05) is 29.3 Å². The highest BCUT2D eigenvalue weighted by atomic mass is 32.2. The lowest BCUT2D eigenvalue weighted by Crippen LogP contribution is -2.56. The quantitative estimate of drug-likeness (QED) is 0.356. The molecule has 3 saturated carbocycles. The number of nitrogens with one attached hydrogen (secondary N) is 1. The Labute approximate surface area is 220 Å². The molecule has 0 radical (unpaired) electrons. The molecule has 6 rings (SSSR count). The number of halogens is 1. The highest BCUT2D eigenvalue weighted by Gasteiger charge is 2.48. The van der Waals surface area contributed by atoms with Gasteiger partial charge in [-0.1, -0.05) is 17.7 Å². The van der Waals surface area contributed by atoms with E-state index in [4.69, 9.17) is 4.74 Å². The van der Waals surface area contributed by atoms with E-state index in [-0.39, 0.29) is 52.3 Å². The molecule has 2 atom stereocenters. The second-order valence-corrected chi connectivity index (χ2v) is 11.9. The Hall–Kier alpha value is -3.53. The summed E-state index contributed by atoms with van der Waals surface area (Å²) in [4.78, 5) is 29.8. The molecule has 1 amide bonds. The Balaban J connectivity index is 1.44. The Bertz CT molecular complexity index is 1510. The minimum atomic E-state index is -4.02. The summed E-state index contributed by atoms with van der Waals surface area (Å²) < 4.78 is 47.1. The highest BCUT2D eigenvalue weighted by molar-refractivity contribution is 7.90. The van der Waals surface area contributed by atoms with Crippen molar-refractivity contribution in [3.8, 4) is 0 Å². The number of rotatable bonds is 7. The lowest BCUT2D eigenvalue weighted by Gasteiger charge is -2.47. The summed E-state index contributed by atoms with van der Waals surface area (Å²) in [7, 11) is -4.02. The maximum absolute atomic E-state index is 14.1. The van der Waals surface area contributed by atoms with Crippen molar-refractivity contribution < 1.29 is 27.1 Å². The molecule has 1 N–H and O–H groups in total. The van der Waals surface area contributed by atoms with E-state index in [1.54, 1.807) is 19.1 Å². The van der Waals surface area contributed by atoms with E-state index >= 15 is 0 Å². The molecule has 1 aromatic carbocycles. The fourth-order valence-corrected chi connectivity index (χ4v) is 7.16. The topological polar surface area (TPSA) is 107 Å². The molecular formula is C28H30FN3O5S. The van der Waals surface area contributed by atoms with Crippen LogP contribution in [-0.4, -0.2) is 41.9 Å². The van der Waals surface area contributed by atoms with Crippen LogP contribution in [0.1, 0.15) is 43.7 Å². The second-order valence-electron chi connectivity index (χ2n) is 10.0. The van der Waals surface area contributed by atoms with Gasteiger partial charge in [-0.05, 0) is 75.6 Å². The van der Waals surface area contributed by atoms with Crippen LogP contribution in [0.3, 0.4) is 0 Å². The lowest BCUT2D eigenvalue weighted by atomic mass is 9.61. The maximum Gasteiger partial charge on any atom is 0.311 e. The van der Waals surface area contributed by atoms with Crippen LogP contribution in [-0.2, 0) is 24.3 Å². The van der Waals surface area contributed by atoms with Gasteiger partial charge >= 0.3 is 5.97 Å². The molecular weight excluding hydrogens is 509 g/mol. The normalized spacial score (nSPS) is 23.1. The van der Waals surface area contributed by atoms with E-state index in [1.807, 2.05) is 6.92 Å². The first-order valence-corrected chi connectivity index (χ1v) is 14.3. The van der Waals surface area contributed by atoms with E-state index in [0.29, 0.717) is 5.56 Å². The molecule has 8 nitrogen and oxygen atoms in total. The minimum absolute atomic E-state index is 0.0546. The number of fused-ring (bicyclic) bond motifs is 4. The van der Waals surface area contributed by atoms with Crippen molar-refractivity contribution in [3.05, 3.63) is 65.7 Å². The van der Waals surface area contributed by atoms with Crippen LogP contribution < -0.4 is 5.32 Å². The Kier molecular flexibility index (Phi) is 7.09. The van der Waals surface area contributed by atoms with Crippen LogP contribution in [0.5, 0.6) is 0 Å². The van der Waals surface area contributed by atoms with Crippen molar-refractivity contribution >= 4 is 39.0 Å². The number of esters is 1. The molecule has 38 heavy (non-hydrogen) atoms. The van der Waals surface area contributed by atoms with Gasteiger partial charge in [0.25, 0.3) is 10.0 Å². The first-order valence-electron chi connectivity index (χ1n) is 12.8. The predicted octanol–water partition coefficient (Wildman–Crippen LogP) is 4.22. The van der Waals surface area contributed by atoms with Gasteiger partial charge in [0.1, 0.15) is 5.82 Å². The maximum atomic E-state index is 14.1. The number of ether oxygens (including phenoxy) is 1. The number of pyridine rings is 1. The van der Waals surface area contributed by atoms with Crippen LogP contribution in [0.25, 0.3) is 17.1 Å². The van der Waals surface area contributed by atoms with Gasteiger partial charge in [-0.25, -0.2) is 21.8 Å². The molecule has 3 aromatic rings. The monoisotopic (exact) mass is 539 g/mol. The van der Waals surface area contributed by atoms with Crippen LogP contribution >= 0.6 is 0 Å². The molecule has 10 heteroatoms. The molecule has 2 heterocycles. The van der Waals surface area contributed by atoms with E-state index < -0.39 is 21.7 Å². The fourth-order valence-electron chi connectivity index (χ4n) is 5.83. The smallest absolute Gasteiger partial charge is 0.311 e. The minimum Gasteiger partial charge on any atom is -0.466 e. The molecule has 0 spiro atoms. The highest BCUT2D eigenvalue weighted by Crippen LogP contribution is 2.45. The summed E-state index contributed by atoms with van der Waals surface area (Å²) in [5, 5.41) is 3.25. The molecule has 3 aliphatic carbocycles. The van der Waals surface area contributed by atoms with Gasteiger partial charge in [-0.2, -0.15) is 0 Å². The van der Waals surface area contributed by atoms with E-state index in [1.165, 1.54) is 36.5 Å². The molecule has 2 aromatic heterocycles. The first kappa shape index (κ1) is 26.1. The van der Waals surface area contributed by atoms with Crippen molar-refractivity contribution in [3.63, 3.8) is 0 Å². The zero-order valence-corrected chi connectivity index (χ0v) is 22.1. The summed E-state index contributed by atoms with van der Waals surface area (Å²) in [6.07, 6.45) is 8.81. The Morgan fingerprint density at radius 1 is 1.16 bits per heavy atom. The SMILES string of the molecule is CCOC(=O)[C@@H]1C2CCC(CC2)[C@H]1NC(=O)/C=C/c1cn(S(=O)(=O)c2ccc(C)cc2)c2ncc(F)cc12. The van der Waals surface area contributed by atoms with Gasteiger partial charge in [0.2, 0.25) is 5.91 Å². The molecule has 200 valence electrons. The number of hydrogen-bond acceptors (Lipinski definition) is 6. The largest absolute Gasteiger partial charge is 0.466 e. The third kappa shape index (κ3) is 4.84. The number of aromatic nitrogens is 2. The van der Waals surface area contributed by atoms with E-state index in [9.17, 15) is 22.4 Å². The molecule has 2 bridgehead atoms. The van der Waals surface area contributed by atoms with Gasteiger partial charge in [0.15, 0.2) is 5.65 Å². The number of amides is 1. The van der Waals surface area contributed by atoms with Crippen LogP contribution in [0.15, 0.2) is 53.7 Å². The standard InChI is InChI=1S/C28H30FN3O5S/c1-3-37-28(34)25-18-6-8-19(9-7-18)26(25)31-24(33)13-10-20-16-32(27-23(20)14-21(29)15-30-27)38(35,36)22-11-4-17(2)5-12-22/h4-5,10-16,18-19,25-26H,3,6-9H2,1-2H3,(H,31,33)/b13-10+/t18?,19?,25-,26-/m1/s1. The van der Waals surface area contributed by atoms with Crippen molar-refractivity contribution in [1.29, 1.82) is 0 Å². The number of aryl methyl sites for hydroxylation is 1. The zero-order valence-electron chi connectivity index (χ0n) is 21.3. The number of benzene rings is 1. The number of hydrogen-bond donors (Lipinski definition) is 1. The van der Waals surface area contributed by atoms with Crippen molar-refractivity contribution in [2.75, 3.05) is 6.61 Å². The molecule has 3 fully saturated rings. The molecule has 3 aliphatic rings. The summed E-state index contributed by atoms with van der Waals surface area (Å²) in [5.74, 6) is -1.30. The molecule has 0 unspecified atom stereocenters. The summed E-state index contributed by atoms with van der Waals surface area (Å²) in [6.45, 7) is 3.91. The number of carbonyl (C=O) groups is 2. The third-order valence-electron chi connectivity index (χ3n) is 7.69. The molecule has 0 saturated heterocycles. The fraction of sp³-hybridized carbons (Fsp3) is 0.393. The van der Waals surface area contributed by atoms with Gasteiger partial charge < -0.3 is 10.1 Å².